The summed E-state index contributed by atoms with van der Waals surface area (Å²) < 4.78 is 0. The van der Waals surface area contributed by atoms with Crippen LogP contribution in [0.1, 0.15) is 6.42 Å². The molecule has 1 fully saturated rings. The summed E-state index contributed by atoms with van der Waals surface area (Å²) in [6.45, 7) is 1.17. The molecule has 2 nitrogen and oxygen atoms in total. The van der Waals surface area contributed by atoms with Crippen LogP contribution in [0, 0.1) is 5.92 Å². The molecule has 0 amide bonds. The van der Waals surface area contributed by atoms with Crippen molar-refractivity contribution >= 4 is 12.4 Å². The normalized spacial score (nSPS) is 32.0. The molecule has 0 aromatic rings. The Bertz CT molecular complexity index is 85.1. The van der Waals surface area contributed by atoms with Crippen molar-refractivity contribution in [2.45, 2.75) is 12.5 Å². The second-order valence-corrected chi connectivity index (χ2v) is 2.92. The minimum Gasteiger partial charge on any atom is -0.327 e. The van der Waals surface area contributed by atoms with Crippen LogP contribution in [0.4, 0.5) is 0 Å². The summed E-state index contributed by atoms with van der Waals surface area (Å²) in [5.74, 6) is 0.796. The van der Waals surface area contributed by atoms with Crippen molar-refractivity contribution in [2.24, 2.45) is 11.7 Å². The van der Waals surface area contributed by atoms with Crippen LogP contribution in [0.3, 0.4) is 0 Å². The summed E-state index contributed by atoms with van der Waals surface area (Å²) in [7, 11) is 4.18. The minimum absolute atomic E-state index is 0. The van der Waals surface area contributed by atoms with E-state index in [1.54, 1.807) is 0 Å². The fourth-order valence-corrected chi connectivity index (χ4v) is 0.950. The average molecular weight is 151 g/mol. The molecular weight excluding hydrogens is 136 g/mol. The zero-order chi connectivity index (χ0) is 6.15. The topological polar surface area (TPSA) is 29.3 Å². The zero-order valence-electron chi connectivity index (χ0n) is 6.00. The van der Waals surface area contributed by atoms with E-state index in [-0.39, 0.29) is 12.4 Å². The van der Waals surface area contributed by atoms with Gasteiger partial charge < -0.3 is 10.6 Å². The van der Waals surface area contributed by atoms with Crippen LogP contribution in [0.2, 0.25) is 0 Å². The molecule has 0 spiro atoms. The van der Waals surface area contributed by atoms with Crippen LogP contribution in [0.5, 0.6) is 0 Å². The zero-order valence-corrected chi connectivity index (χ0v) is 6.82. The fourth-order valence-electron chi connectivity index (χ4n) is 0.950. The molecular formula is C6H15ClN2. The van der Waals surface area contributed by atoms with Crippen LogP contribution in [0.15, 0.2) is 0 Å². The predicted octanol–water partition coefficient (Wildman–Crippen LogP) is 0.317. The maximum absolute atomic E-state index is 5.59. The molecule has 0 saturated heterocycles. The van der Waals surface area contributed by atoms with Crippen LogP contribution in [0.25, 0.3) is 0 Å². The maximum atomic E-state index is 5.59. The first-order chi connectivity index (χ1) is 3.70. The molecule has 56 valence electrons. The molecule has 0 radical (unpaired) electrons. The molecule has 0 heterocycles. The van der Waals surface area contributed by atoms with Gasteiger partial charge in [-0.2, -0.15) is 0 Å². The van der Waals surface area contributed by atoms with Crippen molar-refractivity contribution in [3.63, 3.8) is 0 Å². The van der Waals surface area contributed by atoms with Crippen LogP contribution in [-0.2, 0) is 0 Å². The van der Waals surface area contributed by atoms with Crippen molar-refractivity contribution in [3.8, 4) is 0 Å². The minimum atomic E-state index is 0. The molecule has 2 N–H and O–H groups in total. The summed E-state index contributed by atoms with van der Waals surface area (Å²) in [5.41, 5.74) is 5.59. The highest BCUT2D eigenvalue weighted by molar-refractivity contribution is 5.85. The Labute approximate surface area is 62.8 Å². The van der Waals surface area contributed by atoms with Gasteiger partial charge in [0.1, 0.15) is 0 Å². The summed E-state index contributed by atoms with van der Waals surface area (Å²) in [5, 5.41) is 0. The second kappa shape index (κ2) is 3.40. The van der Waals surface area contributed by atoms with E-state index in [1.165, 1.54) is 13.0 Å². The summed E-state index contributed by atoms with van der Waals surface area (Å²) in [6, 6.07) is 0.511. The molecule has 2 atom stereocenters. The molecule has 0 aromatic heterocycles. The summed E-state index contributed by atoms with van der Waals surface area (Å²) >= 11 is 0. The second-order valence-electron chi connectivity index (χ2n) is 2.92. The Hall–Kier alpha value is 0.210. The first kappa shape index (κ1) is 9.21. The van der Waals surface area contributed by atoms with Gasteiger partial charge in [0.15, 0.2) is 0 Å². The highest BCUT2D eigenvalue weighted by Gasteiger charge is 2.33. The third kappa shape index (κ3) is 3.04. The van der Waals surface area contributed by atoms with E-state index < -0.39 is 0 Å². The molecule has 3 heteroatoms. The Morgan fingerprint density at radius 2 is 2.00 bits per heavy atom. The van der Waals surface area contributed by atoms with Gasteiger partial charge in [-0.05, 0) is 26.4 Å². The van der Waals surface area contributed by atoms with Crippen molar-refractivity contribution in [1.82, 2.24) is 4.90 Å². The van der Waals surface area contributed by atoms with Gasteiger partial charge in [0.05, 0.1) is 0 Å². The third-order valence-electron chi connectivity index (χ3n) is 1.58. The number of hydrogen-bond donors (Lipinski definition) is 1. The lowest BCUT2D eigenvalue weighted by molar-refractivity contribution is 0.385. The highest BCUT2D eigenvalue weighted by Crippen LogP contribution is 2.27. The standard InChI is InChI=1S/C6H14N2.ClH/c1-8(2)4-5-3-6(5)7;/h5-6H,3-4,7H2,1-2H3;1H/t5-,6?;/m1./s1. The van der Waals surface area contributed by atoms with Gasteiger partial charge in [-0.1, -0.05) is 0 Å². The average Bonchev–Trinajstić information content (AvgIpc) is 2.17. The number of nitrogens with two attached hydrogens (primary N) is 1. The van der Waals surface area contributed by atoms with Gasteiger partial charge in [0.25, 0.3) is 0 Å². The molecule has 0 aliphatic heterocycles. The Kier molecular flexibility index (Phi) is 3.48. The van der Waals surface area contributed by atoms with Crippen molar-refractivity contribution < 1.29 is 0 Å². The molecule has 0 bridgehead atoms. The smallest absolute Gasteiger partial charge is 0.00836 e. The van der Waals surface area contributed by atoms with Crippen LogP contribution >= 0.6 is 12.4 Å². The summed E-state index contributed by atoms with van der Waals surface area (Å²) in [6.07, 6.45) is 1.23. The van der Waals surface area contributed by atoms with E-state index in [9.17, 15) is 0 Å². The number of hydrogen-bond acceptors (Lipinski definition) is 2. The van der Waals surface area contributed by atoms with Crippen LogP contribution < -0.4 is 5.73 Å². The Morgan fingerprint density at radius 3 is 2.11 bits per heavy atom. The largest absolute Gasteiger partial charge is 0.327 e. The lowest BCUT2D eigenvalue weighted by Crippen LogP contribution is -2.18. The van der Waals surface area contributed by atoms with E-state index in [0.29, 0.717) is 6.04 Å². The van der Waals surface area contributed by atoms with Gasteiger partial charge in [0.2, 0.25) is 0 Å². The third-order valence-corrected chi connectivity index (χ3v) is 1.58. The number of halogens is 1. The van der Waals surface area contributed by atoms with Crippen molar-refractivity contribution in [1.29, 1.82) is 0 Å². The Balaban J connectivity index is 0.000000640. The van der Waals surface area contributed by atoms with Gasteiger partial charge >= 0.3 is 0 Å². The van der Waals surface area contributed by atoms with Gasteiger partial charge in [-0.3, -0.25) is 0 Å². The number of rotatable bonds is 2. The molecule has 0 aromatic carbocycles. The molecule has 1 rings (SSSR count). The van der Waals surface area contributed by atoms with E-state index in [0.717, 1.165) is 5.92 Å². The molecule has 9 heavy (non-hydrogen) atoms. The summed E-state index contributed by atoms with van der Waals surface area (Å²) in [4.78, 5) is 2.19. The number of nitrogens with zero attached hydrogens (tertiary/aromatic N) is 1. The van der Waals surface area contributed by atoms with E-state index in [4.69, 9.17) is 5.73 Å². The molecule has 1 aliphatic carbocycles. The SMILES string of the molecule is CN(C)C[C@H]1CC1N.Cl. The van der Waals surface area contributed by atoms with Crippen molar-refractivity contribution in [3.05, 3.63) is 0 Å². The van der Waals surface area contributed by atoms with Gasteiger partial charge in [-0.25, -0.2) is 0 Å². The van der Waals surface area contributed by atoms with Crippen molar-refractivity contribution in [2.75, 3.05) is 20.6 Å². The molecule has 1 saturated carbocycles. The highest BCUT2D eigenvalue weighted by atomic mass is 35.5. The maximum Gasteiger partial charge on any atom is 0.00836 e. The van der Waals surface area contributed by atoms with E-state index in [2.05, 4.69) is 19.0 Å². The van der Waals surface area contributed by atoms with E-state index in [1.807, 2.05) is 0 Å². The first-order valence-corrected chi connectivity index (χ1v) is 3.10. The lowest BCUT2D eigenvalue weighted by atomic mass is 10.4. The van der Waals surface area contributed by atoms with E-state index >= 15 is 0 Å². The monoisotopic (exact) mass is 150 g/mol. The molecule has 1 aliphatic rings. The quantitative estimate of drug-likeness (QED) is 0.615. The first-order valence-electron chi connectivity index (χ1n) is 3.10. The fraction of sp³-hybridized carbons (Fsp3) is 1.00. The predicted molar refractivity (Wildman–Crippen MR) is 41.9 cm³/mol. The van der Waals surface area contributed by atoms with Gasteiger partial charge in [-0.15, -0.1) is 12.4 Å². The Morgan fingerprint density at radius 1 is 1.56 bits per heavy atom. The molecule has 1 unspecified atom stereocenters. The van der Waals surface area contributed by atoms with Gasteiger partial charge in [0, 0.05) is 12.6 Å². The lowest BCUT2D eigenvalue weighted by Gasteiger charge is -2.06. The van der Waals surface area contributed by atoms with Crippen LogP contribution in [-0.4, -0.2) is 31.6 Å².